The molecule has 0 unspecified atom stereocenters. The Bertz CT molecular complexity index is 1000. The number of nitrogens with zero attached hydrogens (tertiary/aromatic N) is 3. The van der Waals surface area contributed by atoms with Crippen LogP contribution in [0.2, 0.25) is 0 Å². The van der Waals surface area contributed by atoms with Crippen molar-refractivity contribution in [3.05, 3.63) is 48.4 Å². The summed E-state index contributed by atoms with van der Waals surface area (Å²) in [6.45, 7) is 15.4. The number of benzene rings is 1. The van der Waals surface area contributed by atoms with Gasteiger partial charge >= 0.3 is 6.09 Å². The van der Waals surface area contributed by atoms with Crippen molar-refractivity contribution in [3.63, 3.8) is 0 Å². The van der Waals surface area contributed by atoms with Crippen molar-refractivity contribution >= 4 is 12.2 Å². The molecule has 2 rings (SSSR count). The van der Waals surface area contributed by atoms with Gasteiger partial charge in [0.1, 0.15) is 24.0 Å². The van der Waals surface area contributed by atoms with Gasteiger partial charge in [-0.25, -0.2) is 14.8 Å². The van der Waals surface area contributed by atoms with Crippen LogP contribution in [0.25, 0.3) is 17.3 Å². The molecular weight excluding hydrogens is 404 g/mol. The van der Waals surface area contributed by atoms with Crippen molar-refractivity contribution in [2.75, 3.05) is 6.61 Å². The summed E-state index contributed by atoms with van der Waals surface area (Å²) in [6, 6.07) is 9.27. The fourth-order valence-corrected chi connectivity index (χ4v) is 3.37. The predicted octanol–water partition coefficient (Wildman–Crippen LogP) is 5.37. The van der Waals surface area contributed by atoms with Crippen LogP contribution in [0.15, 0.2) is 37.0 Å². The van der Waals surface area contributed by atoms with E-state index in [0.717, 1.165) is 5.56 Å². The number of amides is 1. The SMILES string of the molecule is C=Cc1nccc(-c2ccc(OC[C@](C)(CC(C)C)NC(=O)OC(C)(C)C)c(C#N)c2)n1. The van der Waals surface area contributed by atoms with E-state index in [-0.39, 0.29) is 6.61 Å². The fraction of sp³-hybridized carbons (Fsp3) is 0.440. The normalized spacial score (nSPS) is 13.1. The zero-order valence-corrected chi connectivity index (χ0v) is 19.7. The Morgan fingerprint density at radius 2 is 2.00 bits per heavy atom. The Morgan fingerprint density at radius 1 is 1.28 bits per heavy atom. The Labute approximate surface area is 190 Å². The van der Waals surface area contributed by atoms with Crippen molar-refractivity contribution in [2.24, 2.45) is 5.92 Å². The first-order valence-corrected chi connectivity index (χ1v) is 10.6. The van der Waals surface area contributed by atoms with E-state index < -0.39 is 17.2 Å². The molecule has 0 aliphatic heterocycles. The Hall–Kier alpha value is -3.40. The van der Waals surface area contributed by atoms with Crippen molar-refractivity contribution < 1.29 is 14.3 Å². The maximum atomic E-state index is 12.4. The molecule has 0 spiro atoms. The average Bonchev–Trinajstić information content (AvgIpc) is 2.70. The van der Waals surface area contributed by atoms with E-state index >= 15 is 0 Å². The van der Waals surface area contributed by atoms with Gasteiger partial charge in [-0.3, -0.25) is 0 Å². The first-order chi connectivity index (χ1) is 14.9. The molecule has 1 atom stereocenters. The Morgan fingerprint density at radius 3 is 2.59 bits per heavy atom. The number of nitrogens with one attached hydrogen (secondary N) is 1. The monoisotopic (exact) mass is 436 g/mol. The highest BCUT2D eigenvalue weighted by molar-refractivity contribution is 5.69. The van der Waals surface area contributed by atoms with Crippen LogP contribution in [0.1, 0.15) is 59.4 Å². The van der Waals surface area contributed by atoms with Gasteiger partial charge in [-0.15, -0.1) is 0 Å². The minimum Gasteiger partial charge on any atom is -0.490 e. The molecule has 1 N–H and O–H groups in total. The standard InChI is InChI=1S/C25H32N4O3/c1-8-22-27-12-11-20(28-22)18-9-10-21(19(13-18)15-26)31-16-25(7,14-17(2)3)29-23(30)32-24(4,5)6/h8-13,17H,1,14,16H2,2-7H3,(H,29,30)/t25-/m0/s1. The number of hydrogen-bond donors (Lipinski definition) is 1. The molecule has 32 heavy (non-hydrogen) atoms. The summed E-state index contributed by atoms with van der Waals surface area (Å²) in [7, 11) is 0. The molecule has 0 fully saturated rings. The first-order valence-electron chi connectivity index (χ1n) is 10.6. The number of carbonyl (C=O) groups excluding carboxylic acids is 1. The van der Waals surface area contributed by atoms with E-state index in [9.17, 15) is 10.1 Å². The molecule has 0 bridgehead atoms. The third-order valence-corrected chi connectivity index (χ3v) is 4.46. The number of rotatable bonds is 8. The van der Waals surface area contributed by atoms with Gasteiger partial charge in [-0.05, 0) is 70.4 Å². The number of alkyl carbamates (subject to hydrolysis) is 1. The zero-order chi connectivity index (χ0) is 23.9. The van der Waals surface area contributed by atoms with Crippen molar-refractivity contribution in [1.82, 2.24) is 15.3 Å². The van der Waals surface area contributed by atoms with E-state index in [2.05, 4.69) is 41.8 Å². The van der Waals surface area contributed by atoms with E-state index in [1.165, 1.54) is 0 Å². The van der Waals surface area contributed by atoms with Gasteiger partial charge in [0.2, 0.25) is 0 Å². The van der Waals surface area contributed by atoms with Crippen LogP contribution in [-0.4, -0.2) is 33.8 Å². The molecular formula is C25H32N4O3. The summed E-state index contributed by atoms with van der Waals surface area (Å²) in [5.41, 5.74) is 0.573. The Balaban J connectivity index is 2.22. The fourth-order valence-electron chi connectivity index (χ4n) is 3.37. The summed E-state index contributed by atoms with van der Waals surface area (Å²) in [5.74, 6) is 1.27. The van der Waals surface area contributed by atoms with Crippen LogP contribution in [0.3, 0.4) is 0 Å². The van der Waals surface area contributed by atoms with Gasteiger partial charge in [0, 0.05) is 11.8 Å². The maximum Gasteiger partial charge on any atom is 0.408 e. The number of hydrogen-bond acceptors (Lipinski definition) is 6. The van der Waals surface area contributed by atoms with Gasteiger partial charge in [0.05, 0.1) is 16.8 Å². The Kier molecular flexibility index (Phi) is 7.98. The van der Waals surface area contributed by atoms with E-state index in [1.807, 2.05) is 33.8 Å². The third kappa shape index (κ3) is 7.38. The van der Waals surface area contributed by atoms with E-state index in [1.54, 1.807) is 30.5 Å². The van der Waals surface area contributed by atoms with Crippen LogP contribution in [0, 0.1) is 17.2 Å². The minimum atomic E-state index is -0.673. The molecule has 7 heteroatoms. The molecule has 0 saturated carbocycles. The molecule has 0 saturated heterocycles. The molecule has 2 aromatic rings. The quantitative estimate of drug-likeness (QED) is 0.598. The minimum absolute atomic E-state index is 0.187. The lowest BCUT2D eigenvalue weighted by Gasteiger charge is -2.33. The predicted molar refractivity (Wildman–Crippen MR) is 125 cm³/mol. The smallest absolute Gasteiger partial charge is 0.408 e. The summed E-state index contributed by atoms with van der Waals surface area (Å²) in [6.07, 6.45) is 3.40. The highest BCUT2D eigenvalue weighted by atomic mass is 16.6. The van der Waals surface area contributed by atoms with Crippen LogP contribution in [-0.2, 0) is 4.74 Å². The molecule has 0 aliphatic rings. The van der Waals surface area contributed by atoms with Gasteiger partial charge in [0.25, 0.3) is 0 Å². The lowest BCUT2D eigenvalue weighted by molar-refractivity contribution is 0.0408. The molecule has 0 aliphatic carbocycles. The maximum absolute atomic E-state index is 12.4. The number of nitriles is 1. The van der Waals surface area contributed by atoms with Gasteiger partial charge in [-0.1, -0.05) is 20.4 Å². The lowest BCUT2D eigenvalue weighted by Crippen LogP contribution is -2.52. The van der Waals surface area contributed by atoms with Crippen molar-refractivity contribution in [3.8, 4) is 23.1 Å². The van der Waals surface area contributed by atoms with Crippen molar-refractivity contribution in [1.29, 1.82) is 5.26 Å². The highest BCUT2D eigenvalue weighted by Crippen LogP contribution is 2.27. The summed E-state index contributed by atoms with van der Waals surface area (Å²) >= 11 is 0. The van der Waals surface area contributed by atoms with Crippen LogP contribution < -0.4 is 10.1 Å². The lowest BCUT2D eigenvalue weighted by atomic mass is 9.91. The van der Waals surface area contributed by atoms with E-state index in [0.29, 0.717) is 35.2 Å². The van der Waals surface area contributed by atoms with Gasteiger partial charge in [0.15, 0.2) is 5.82 Å². The number of aromatic nitrogens is 2. The molecule has 170 valence electrons. The highest BCUT2D eigenvalue weighted by Gasteiger charge is 2.31. The second kappa shape index (κ2) is 10.3. The molecule has 0 radical (unpaired) electrons. The molecule has 7 nitrogen and oxygen atoms in total. The summed E-state index contributed by atoms with van der Waals surface area (Å²) in [4.78, 5) is 20.9. The largest absolute Gasteiger partial charge is 0.490 e. The van der Waals surface area contributed by atoms with Crippen molar-refractivity contribution in [2.45, 2.75) is 59.1 Å². The average molecular weight is 437 g/mol. The third-order valence-electron chi connectivity index (χ3n) is 4.46. The summed E-state index contributed by atoms with van der Waals surface area (Å²) in [5, 5.41) is 12.6. The topological polar surface area (TPSA) is 97.1 Å². The molecule has 1 aromatic carbocycles. The van der Waals surface area contributed by atoms with Gasteiger partial charge < -0.3 is 14.8 Å². The second-order valence-electron chi connectivity index (χ2n) is 9.40. The molecule has 1 amide bonds. The van der Waals surface area contributed by atoms with Gasteiger partial charge in [-0.2, -0.15) is 5.26 Å². The first kappa shape index (κ1) is 24.9. The van der Waals surface area contributed by atoms with Crippen LogP contribution >= 0.6 is 0 Å². The van der Waals surface area contributed by atoms with Crippen LogP contribution in [0.5, 0.6) is 5.75 Å². The molecule has 1 heterocycles. The number of ether oxygens (including phenoxy) is 2. The van der Waals surface area contributed by atoms with E-state index in [4.69, 9.17) is 9.47 Å². The second-order valence-corrected chi connectivity index (χ2v) is 9.40. The molecule has 1 aromatic heterocycles. The zero-order valence-electron chi connectivity index (χ0n) is 19.7. The summed E-state index contributed by atoms with van der Waals surface area (Å²) < 4.78 is 11.4. The number of carbonyl (C=O) groups is 1. The van der Waals surface area contributed by atoms with Crippen LogP contribution in [0.4, 0.5) is 4.79 Å².